The Morgan fingerprint density at radius 3 is 2.53 bits per heavy atom. The Kier molecular flexibility index (Phi) is 4.07. The van der Waals surface area contributed by atoms with Gasteiger partial charge in [0.15, 0.2) is 0 Å². The molecule has 1 aromatic carbocycles. The molecule has 1 saturated heterocycles. The van der Waals surface area contributed by atoms with E-state index in [2.05, 4.69) is 24.6 Å². The van der Waals surface area contributed by atoms with Crippen molar-refractivity contribution >= 4 is 18.5 Å². The van der Waals surface area contributed by atoms with E-state index < -0.39 is 0 Å². The smallest absolute Gasteiger partial charge is 0.253 e. The van der Waals surface area contributed by atoms with Gasteiger partial charge in [-0.05, 0) is 44.3 Å². The second-order valence-electron chi connectivity index (χ2n) is 4.50. The highest BCUT2D eigenvalue weighted by atomic mass is 32.1. The van der Waals surface area contributed by atoms with Crippen LogP contribution in [0.4, 0.5) is 0 Å². The van der Waals surface area contributed by atoms with Gasteiger partial charge in [0.1, 0.15) is 0 Å². The number of hydrogen-bond acceptors (Lipinski definition) is 3. The van der Waals surface area contributed by atoms with E-state index in [4.69, 9.17) is 0 Å². The molecule has 1 fully saturated rings. The lowest BCUT2D eigenvalue weighted by Crippen LogP contribution is -2.34. The molecule has 0 radical (unpaired) electrons. The zero-order valence-electron chi connectivity index (χ0n) is 10.1. The van der Waals surface area contributed by atoms with Crippen molar-refractivity contribution in [3.63, 3.8) is 0 Å². The second-order valence-corrected chi connectivity index (χ2v) is 5.01. The van der Waals surface area contributed by atoms with Crippen molar-refractivity contribution in [2.75, 3.05) is 33.2 Å². The molecule has 92 valence electrons. The SMILES string of the molecule is CN1CCCN(C(=O)c2ccc(S)cc2)CC1. The van der Waals surface area contributed by atoms with E-state index in [0.29, 0.717) is 0 Å². The molecule has 0 spiro atoms. The molecular formula is C13H18N2OS. The van der Waals surface area contributed by atoms with Gasteiger partial charge in [0.2, 0.25) is 0 Å². The van der Waals surface area contributed by atoms with E-state index in [1.54, 1.807) is 0 Å². The first kappa shape index (κ1) is 12.5. The van der Waals surface area contributed by atoms with Crippen LogP contribution >= 0.6 is 12.6 Å². The van der Waals surface area contributed by atoms with E-state index in [-0.39, 0.29) is 5.91 Å². The van der Waals surface area contributed by atoms with Gasteiger partial charge in [-0.1, -0.05) is 0 Å². The fourth-order valence-electron chi connectivity index (χ4n) is 2.04. The van der Waals surface area contributed by atoms with Gasteiger partial charge in [-0.25, -0.2) is 0 Å². The Bertz CT molecular complexity index is 391. The Balaban J connectivity index is 2.06. The highest BCUT2D eigenvalue weighted by molar-refractivity contribution is 7.80. The fraction of sp³-hybridized carbons (Fsp3) is 0.462. The van der Waals surface area contributed by atoms with E-state index in [0.717, 1.165) is 43.1 Å². The largest absolute Gasteiger partial charge is 0.337 e. The highest BCUT2D eigenvalue weighted by Crippen LogP contribution is 2.11. The van der Waals surface area contributed by atoms with Crippen molar-refractivity contribution in [3.8, 4) is 0 Å². The highest BCUT2D eigenvalue weighted by Gasteiger charge is 2.18. The molecule has 0 N–H and O–H groups in total. The number of carbonyl (C=O) groups is 1. The third-order valence-electron chi connectivity index (χ3n) is 3.12. The fourth-order valence-corrected chi connectivity index (χ4v) is 2.19. The summed E-state index contributed by atoms with van der Waals surface area (Å²) in [5.41, 5.74) is 0.757. The maximum Gasteiger partial charge on any atom is 0.253 e. The number of hydrogen-bond donors (Lipinski definition) is 1. The minimum Gasteiger partial charge on any atom is -0.337 e. The van der Waals surface area contributed by atoms with E-state index >= 15 is 0 Å². The van der Waals surface area contributed by atoms with Gasteiger partial charge in [-0.3, -0.25) is 4.79 Å². The van der Waals surface area contributed by atoms with E-state index in [1.165, 1.54) is 0 Å². The first-order valence-electron chi connectivity index (χ1n) is 5.93. The van der Waals surface area contributed by atoms with Crippen molar-refractivity contribution in [1.29, 1.82) is 0 Å². The summed E-state index contributed by atoms with van der Waals surface area (Å²) in [5, 5.41) is 0. The molecule has 1 aliphatic heterocycles. The normalized spacial score (nSPS) is 17.9. The standard InChI is InChI=1S/C13H18N2OS/c1-14-7-2-8-15(10-9-14)13(16)11-3-5-12(17)6-4-11/h3-6,17H,2,7-10H2,1H3. The number of likely N-dealkylation sites (N-methyl/N-ethyl adjacent to an activating group) is 1. The van der Waals surface area contributed by atoms with Gasteiger partial charge < -0.3 is 9.80 Å². The maximum atomic E-state index is 12.3. The van der Waals surface area contributed by atoms with Crippen molar-refractivity contribution in [2.24, 2.45) is 0 Å². The zero-order chi connectivity index (χ0) is 12.3. The van der Waals surface area contributed by atoms with Gasteiger partial charge in [-0.15, -0.1) is 12.6 Å². The average Bonchev–Trinajstić information content (AvgIpc) is 2.54. The van der Waals surface area contributed by atoms with Gasteiger partial charge in [0.05, 0.1) is 0 Å². The second kappa shape index (κ2) is 5.56. The molecule has 0 saturated carbocycles. The average molecular weight is 250 g/mol. The van der Waals surface area contributed by atoms with Gasteiger partial charge in [-0.2, -0.15) is 0 Å². The van der Waals surface area contributed by atoms with Crippen molar-refractivity contribution in [2.45, 2.75) is 11.3 Å². The molecule has 0 unspecified atom stereocenters. The van der Waals surface area contributed by atoms with Crippen LogP contribution in [0, 0.1) is 0 Å². The first-order valence-corrected chi connectivity index (χ1v) is 6.38. The van der Waals surface area contributed by atoms with Crippen LogP contribution < -0.4 is 0 Å². The molecular weight excluding hydrogens is 232 g/mol. The van der Waals surface area contributed by atoms with Gasteiger partial charge in [0, 0.05) is 30.1 Å². The number of thiol groups is 1. The minimum absolute atomic E-state index is 0.133. The third-order valence-corrected chi connectivity index (χ3v) is 3.42. The van der Waals surface area contributed by atoms with Crippen LogP contribution in [0.5, 0.6) is 0 Å². The first-order chi connectivity index (χ1) is 8.16. The van der Waals surface area contributed by atoms with Crippen LogP contribution in [-0.2, 0) is 0 Å². The zero-order valence-corrected chi connectivity index (χ0v) is 11.0. The van der Waals surface area contributed by atoms with Crippen LogP contribution in [-0.4, -0.2) is 48.9 Å². The predicted octanol–water partition coefficient (Wildman–Crippen LogP) is 1.75. The molecule has 2 rings (SSSR count). The Morgan fingerprint density at radius 2 is 1.82 bits per heavy atom. The molecule has 1 heterocycles. The lowest BCUT2D eigenvalue weighted by Gasteiger charge is -2.20. The Labute approximate surface area is 108 Å². The molecule has 17 heavy (non-hydrogen) atoms. The number of amides is 1. The molecule has 1 aliphatic rings. The van der Waals surface area contributed by atoms with Gasteiger partial charge >= 0.3 is 0 Å². The summed E-state index contributed by atoms with van der Waals surface area (Å²) < 4.78 is 0. The molecule has 1 amide bonds. The Hall–Kier alpha value is -1.00. The number of benzene rings is 1. The Morgan fingerprint density at radius 1 is 1.12 bits per heavy atom. The van der Waals surface area contributed by atoms with Crippen molar-refractivity contribution in [1.82, 2.24) is 9.80 Å². The van der Waals surface area contributed by atoms with Crippen molar-refractivity contribution in [3.05, 3.63) is 29.8 Å². The summed E-state index contributed by atoms with van der Waals surface area (Å²) in [5.74, 6) is 0.133. The molecule has 0 aromatic heterocycles. The molecule has 0 aliphatic carbocycles. The molecule has 3 nitrogen and oxygen atoms in total. The minimum atomic E-state index is 0.133. The summed E-state index contributed by atoms with van der Waals surface area (Å²) in [7, 11) is 2.10. The van der Waals surface area contributed by atoms with Gasteiger partial charge in [0.25, 0.3) is 5.91 Å². The van der Waals surface area contributed by atoms with E-state index in [9.17, 15) is 4.79 Å². The summed E-state index contributed by atoms with van der Waals surface area (Å²) >= 11 is 4.22. The van der Waals surface area contributed by atoms with Crippen LogP contribution in [0.15, 0.2) is 29.2 Å². The van der Waals surface area contributed by atoms with Crippen molar-refractivity contribution < 1.29 is 4.79 Å². The summed E-state index contributed by atoms with van der Waals surface area (Å²) in [6, 6.07) is 7.42. The van der Waals surface area contributed by atoms with Crippen LogP contribution in [0.2, 0.25) is 0 Å². The monoisotopic (exact) mass is 250 g/mol. The quantitative estimate of drug-likeness (QED) is 0.768. The summed E-state index contributed by atoms with van der Waals surface area (Å²) in [4.78, 5) is 17.3. The summed E-state index contributed by atoms with van der Waals surface area (Å²) in [6.45, 7) is 3.69. The molecule has 1 aromatic rings. The van der Waals surface area contributed by atoms with Crippen LogP contribution in [0.1, 0.15) is 16.8 Å². The number of nitrogens with zero attached hydrogens (tertiary/aromatic N) is 2. The number of carbonyl (C=O) groups excluding carboxylic acids is 1. The topological polar surface area (TPSA) is 23.6 Å². The van der Waals surface area contributed by atoms with Crippen LogP contribution in [0.25, 0.3) is 0 Å². The third kappa shape index (κ3) is 3.23. The predicted molar refractivity (Wildman–Crippen MR) is 71.7 cm³/mol. The molecule has 4 heteroatoms. The van der Waals surface area contributed by atoms with Crippen LogP contribution in [0.3, 0.4) is 0 Å². The molecule has 0 atom stereocenters. The maximum absolute atomic E-state index is 12.3. The lowest BCUT2D eigenvalue weighted by molar-refractivity contribution is 0.0763. The van der Waals surface area contributed by atoms with E-state index in [1.807, 2.05) is 29.2 Å². The summed E-state index contributed by atoms with van der Waals surface area (Å²) in [6.07, 6.45) is 1.05. The molecule has 0 bridgehead atoms. The lowest BCUT2D eigenvalue weighted by atomic mass is 10.2. The number of rotatable bonds is 1.